The van der Waals surface area contributed by atoms with Crippen molar-refractivity contribution in [2.75, 3.05) is 16.8 Å². The number of nitrogens with one attached hydrogen (secondary N) is 1. The van der Waals surface area contributed by atoms with Crippen LogP contribution in [0, 0.1) is 6.92 Å². The van der Waals surface area contributed by atoms with Gasteiger partial charge >= 0.3 is 0 Å². The van der Waals surface area contributed by atoms with E-state index < -0.39 is 0 Å². The normalized spacial score (nSPS) is 13.1. The summed E-state index contributed by atoms with van der Waals surface area (Å²) in [6.45, 7) is 3.37. The Bertz CT molecular complexity index is 1080. The second kappa shape index (κ2) is 8.67. The van der Waals surface area contributed by atoms with E-state index in [0.717, 1.165) is 35.6 Å². The van der Waals surface area contributed by atoms with Crippen LogP contribution in [0.3, 0.4) is 0 Å². The number of hydrogen-bond donors (Lipinski definition) is 1. The second-order valence-electron chi connectivity index (χ2n) is 7.26. The minimum atomic E-state index is -0.243. The Labute approximate surface area is 179 Å². The van der Waals surface area contributed by atoms with Crippen molar-refractivity contribution in [1.82, 2.24) is 14.8 Å². The number of benzene rings is 1. The zero-order valence-corrected chi connectivity index (χ0v) is 17.4. The smallest absolute Gasteiger partial charge is 0.228 e. The van der Waals surface area contributed by atoms with Gasteiger partial charge in [-0.3, -0.25) is 14.5 Å². The van der Waals surface area contributed by atoms with E-state index in [9.17, 15) is 9.59 Å². The summed E-state index contributed by atoms with van der Waals surface area (Å²) in [6, 6.07) is 13.0. The summed E-state index contributed by atoms with van der Waals surface area (Å²) in [5, 5.41) is 7.80. The van der Waals surface area contributed by atoms with Gasteiger partial charge in [0.15, 0.2) is 0 Å². The van der Waals surface area contributed by atoms with E-state index in [4.69, 9.17) is 11.6 Å². The lowest BCUT2D eigenvalue weighted by Gasteiger charge is -2.27. The lowest BCUT2D eigenvalue weighted by atomic mass is 10.1. The van der Waals surface area contributed by atoms with E-state index in [1.54, 1.807) is 17.2 Å². The molecule has 2 amide bonds. The van der Waals surface area contributed by atoms with Crippen molar-refractivity contribution in [1.29, 1.82) is 0 Å². The van der Waals surface area contributed by atoms with Crippen LogP contribution in [0.5, 0.6) is 0 Å². The first-order chi connectivity index (χ1) is 14.5. The zero-order valence-electron chi connectivity index (χ0n) is 16.6. The van der Waals surface area contributed by atoms with Crippen LogP contribution in [0.2, 0.25) is 5.02 Å². The number of aryl methyl sites for hydroxylation is 2. The largest absolute Gasteiger partial charge is 0.311 e. The molecule has 1 aromatic carbocycles. The molecule has 0 atom stereocenters. The molecular formula is C22H22ClN5O2. The first-order valence-corrected chi connectivity index (χ1v) is 10.2. The van der Waals surface area contributed by atoms with Crippen LogP contribution in [0.4, 0.5) is 11.6 Å². The molecule has 7 nitrogen and oxygen atoms in total. The number of hydrogen-bond acceptors (Lipinski definition) is 4. The number of anilines is 2. The molecule has 0 bridgehead atoms. The highest BCUT2D eigenvalue weighted by atomic mass is 35.5. The summed E-state index contributed by atoms with van der Waals surface area (Å²) in [5.41, 5.74) is 2.74. The van der Waals surface area contributed by atoms with Crippen molar-refractivity contribution >= 4 is 35.1 Å². The topological polar surface area (TPSA) is 80.1 Å². The number of amides is 2. The highest BCUT2D eigenvalue weighted by molar-refractivity contribution is 6.30. The standard InChI is InChI=1S/C22H22ClN5O2/c1-15-12-21-27(10-3-11-28(21)26-15)22(30)9-8-20(29)25-19-7-6-17(14-24-19)16-4-2-5-18(23)13-16/h2,4-7,12-14H,3,8-11H2,1H3,(H,24,25,29). The average Bonchev–Trinajstić information content (AvgIpc) is 3.12. The molecule has 3 aromatic rings. The fraction of sp³-hybridized carbons (Fsp3) is 0.273. The third kappa shape index (κ3) is 4.52. The Hall–Kier alpha value is -3.19. The monoisotopic (exact) mass is 423 g/mol. The third-order valence-corrected chi connectivity index (χ3v) is 5.20. The van der Waals surface area contributed by atoms with Gasteiger partial charge in [-0.05, 0) is 43.2 Å². The number of nitrogens with zero attached hydrogens (tertiary/aromatic N) is 4. The van der Waals surface area contributed by atoms with E-state index in [0.29, 0.717) is 17.4 Å². The number of carbonyl (C=O) groups excluding carboxylic acids is 2. The highest BCUT2D eigenvalue weighted by Crippen LogP contribution is 2.24. The number of pyridine rings is 1. The molecular weight excluding hydrogens is 402 g/mol. The molecule has 4 rings (SSSR count). The van der Waals surface area contributed by atoms with E-state index in [1.165, 1.54) is 0 Å². The summed E-state index contributed by atoms with van der Waals surface area (Å²) in [7, 11) is 0. The Morgan fingerprint density at radius 1 is 1.10 bits per heavy atom. The molecule has 30 heavy (non-hydrogen) atoms. The Kier molecular flexibility index (Phi) is 5.81. The predicted molar refractivity (Wildman–Crippen MR) is 116 cm³/mol. The molecule has 0 saturated heterocycles. The number of rotatable bonds is 5. The van der Waals surface area contributed by atoms with E-state index in [-0.39, 0.29) is 24.7 Å². The molecule has 2 aromatic heterocycles. The van der Waals surface area contributed by atoms with Crippen LogP contribution in [-0.4, -0.2) is 33.1 Å². The first kappa shape index (κ1) is 20.1. The van der Waals surface area contributed by atoms with Gasteiger partial charge in [-0.1, -0.05) is 23.7 Å². The van der Waals surface area contributed by atoms with Gasteiger partial charge in [-0.15, -0.1) is 0 Å². The van der Waals surface area contributed by atoms with Gasteiger partial charge in [0.2, 0.25) is 11.8 Å². The van der Waals surface area contributed by atoms with Gasteiger partial charge in [0.1, 0.15) is 11.6 Å². The molecule has 0 unspecified atom stereocenters. The summed E-state index contributed by atoms with van der Waals surface area (Å²) in [5.74, 6) is 0.940. The Morgan fingerprint density at radius 2 is 1.97 bits per heavy atom. The molecule has 3 heterocycles. The van der Waals surface area contributed by atoms with Gasteiger partial charge in [0, 0.05) is 48.8 Å². The maximum atomic E-state index is 12.6. The van der Waals surface area contributed by atoms with Crippen LogP contribution >= 0.6 is 11.6 Å². The van der Waals surface area contributed by atoms with Crippen molar-refractivity contribution in [3.63, 3.8) is 0 Å². The molecule has 1 aliphatic heterocycles. The number of aromatic nitrogens is 3. The van der Waals surface area contributed by atoms with Crippen molar-refractivity contribution in [3.05, 3.63) is 59.4 Å². The van der Waals surface area contributed by atoms with E-state index in [2.05, 4.69) is 15.4 Å². The van der Waals surface area contributed by atoms with Gasteiger partial charge in [-0.2, -0.15) is 5.10 Å². The van der Waals surface area contributed by atoms with Crippen molar-refractivity contribution in [3.8, 4) is 11.1 Å². The summed E-state index contributed by atoms with van der Waals surface area (Å²) in [4.78, 5) is 30.9. The van der Waals surface area contributed by atoms with Gasteiger partial charge < -0.3 is 5.32 Å². The van der Waals surface area contributed by atoms with E-state index >= 15 is 0 Å². The van der Waals surface area contributed by atoms with Crippen molar-refractivity contribution in [2.45, 2.75) is 32.7 Å². The average molecular weight is 424 g/mol. The molecule has 0 saturated carbocycles. The lowest BCUT2D eigenvalue weighted by Crippen LogP contribution is -2.37. The minimum absolute atomic E-state index is 0.0738. The summed E-state index contributed by atoms with van der Waals surface area (Å²) in [6.07, 6.45) is 2.77. The fourth-order valence-corrected chi connectivity index (χ4v) is 3.72. The molecule has 154 valence electrons. The van der Waals surface area contributed by atoms with Crippen LogP contribution in [0.25, 0.3) is 11.1 Å². The second-order valence-corrected chi connectivity index (χ2v) is 7.69. The van der Waals surface area contributed by atoms with E-state index in [1.807, 2.05) is 48.0 Å². The molecule has 8 heteroatoms. The SMILES string of the molecule is Cc1cc2n(n1)CCCN2C(=O)CCC(=O)Nc1ccc(-c2cccc(Cl)c2)cn1. The van der Waals surface area contributed by atoms with Gasteiger partial charge in [-0.25, -0.2) is 9.67 Å². The fourth-order valence-electron chi connectivity index (χ4n) is 3.53. The molecule has 1 aliphatic rings. The quantitative estimate of drug-likeness (QED) is 0.671. The first-order valence-electron chi connectivity index (χ1n) is 9.86. The lowest BCUT2D eigenvalue weighted by molar-refractivity contribution is -0.122. The molecule has 0 spiro atoms. The molecule has 0 fully saturated rings. The number of fused-ring (bicyclic) bond motifs is 1. The third-order valence-electron chi connectivity index (χ3n) is 4.96. The van der Waals surface area contributed by atoms with Crippen LogP contribution < -0.4 is 10.2 Å². The zero-order chi connectivity index (χ0) is 21.1. The number of halogens is 1. The maximum absolute atomic E-state index is 12.6. The highest BCUT2D eigenvalue weighted by Gasteiger charge is 2.24. The molecule has 0 aliphatic carbocycles. The minimum Gasteiger partial charge on any atom is -0.311 e. The van der Waals surface area contributed by atoms with Gasteiger partial charge in [0.05, 0.1) is 5.69 Å². The van der Waals surface area contributed by atoms with Crippen molar-refractivity contribution < 1.29 is 9.59 Å². The Balaban J connectivity index is 1.32. The maximum Gasteiger partial charge on any atom is 0.228 e. The molecule has 0 radical (unpaired) electrons. The van der Waals surface area contributed by atoms with Crippen molar-refractivity contribution in [2.24, 2.45) is 0 Å². The van der Waals surface area contributed by atoms with Crippen LogP contribution in [0.1, 0.15) is 25.0 Å². The summed E-state index contributed by atoms with van der Waals surface area (Å²) < 4.78 is 1.85. The number of carbonyl (C=O) groups is 2. The van der Waals surface area contributed by atoms with Gasteiger partial charge in [0.25, 0.3) is 0 Å². The molecule has 1 N–H and O–H groups in total. The summed E-state index contributed by atoms with van der Waals surface area (Å²) >= 11 is 6.03. The van der Waals surface area contributed by atoms with Crippen LogP contribution in [-0.2, 0) is 16.1 Å². The van der Waals surface area contributed by atoms with Crippen LogP contribution in [0.15, 0.2) is 48.7 Å². The predicted octanol–water partition coefficient (Wildman–Crippen LogP) is 4.06. The Morgan fingerprint density at radius 3 is 2.73 bits per heavy atom.